The summed E-state index contributed by atoms with van der Waals surface area (Å²) in [5.74, 6) is -0.276. The third-order valence-electron chi connectivity index (χ3n) is 1.85. The highest BCUT2D eigenvalue weighted by Crippen LogP contribution is 1.95. The number of likely N-dealkylation sites (N-methyl/N-ethyl adjacent to an activating group) is 1. The molecule has 0 fully saturated rings. The van der Waals surface area contributed by atoms with E-state index in [4.69, 9.17) is 9.47 Å². The van der Waals surface area contributed by atoms with Crippen LogP contribution in [0, 0.1) is 0 Å². The molecule has 0 aromatic rings. The average molecular weight is 233 g/mol. The van der Waals surface area contributed by atoms with Gasteiger partial charge in [-0.2, -0.15) is 0 Å². The van der Waals surface area contributed by atoms with Crippen molar-refractivity contribution < 1.29 is 19.4 Å². The highest BCUT2D eigenvalue weighted by atomic mass is 16.5. The van der Waals surface area contributed by atoms with E-state index in [9.17, 15) is 9.90 Å². The fourth-order valence-electron chi connectivity index (χ4n) is 1.21. The molecule has 0 saturated carbocycles. The molecule has 0 aromatic heterocycles. The molecule has 0 bridgehead atoms. The molecule has 0 rings (SSSR count). The van der Waals surface area contributed by atoms with Gasteiger partial charge < -0.3 is 14.6 Å². The summed E-state index contributed by atoms with van der Waals surface area (Å²) >= 11 is 0. The van der Waals surface area contributed by atoms with Crippen molar-refractivity contribution in [1.29, 1.82) is 0 Å². The predicted molar refractivity (Wildman–Crippen MR) is 61.2 cm³/mol. The molecule has 0 aliphatic heterocycles. The Labute approximate surface area is 97.3 Å². The van der Waals surface area contributed by atoms with Crippen molar-refractivity contribution in [3.63, 3.8) is 0 Å². The SMILES string of the molecule is CCOC(=O)CN(C)CC(O)COC(C)C. The third kappa shape index (κ3) is 8.64. The first-order chi connectivity index (χ1) is 7.45. The lowest BCUT2D eigenvalue weighted by Gasteiger charge is -2.20. The van der Waals surface area contributed by atoms with E-state index in [1.165, 1.54) is 0 Å². The van der Waals surface area contributed by atoms with E-state index in [-0.39, 0.29) is 25.2 Å². The molecule has 5 heteroatoms. The number of carbonyl (C=O) groups excluding carboxylic acids is 1. The highest BCUT2D eigenvalue weighted by molar-refractivity contribution is 5.71. The molecular weight excluding hydrogens is 210 g/mol. The Hall–Kier alpha value is -0.650. The van der Waals surface area contributed by atoms with Crippen LogP contribution in [-0.2, 0) is 14.3 Å². The first kappa shape index (κ1) is 15.3. The lowest BCUT2D eigenvalue weighted by Crippen LogP contribution is -2.36. The molecule has 0 aromatic carbocycles. The van der Waals surface area contributed by atoms with Crippen molar-refractivity contribution in [2.45, 2.75) is 33.0 Å². The van der Waals surface area contributed by atoms with Gasteiger partial charge in [-0.15, -0.1) is 0 Å². The van der Waals surface area contributed by atoms with Gasteiger partial charge in [0.2, 0.25) is 0 Å². The standard InChI is InChI=1S/C11H23NO4/c1-5-15-11(14)7-12(4)6-10(13)8-16-9(2)3/h9-10,13H,5-8H2,1-4H3. The minimum atomic E-state index is -0.582. The molecule has 0 amide bonds. The largest absolute Gasteiger partial charge is 0.465 e. The molecule has 1 unspecified atom stereocenters. The van der Waals surface area contributed by atoms with Crippen LogP contribution in [-0.4, -0.2) is 61.5 Å². The number of carbonyl (C=O) groups is 1. The molecule has 1 atom stereocenters. The van der Waals surface area contributed by atoms with E-state index in [2.05, 4.69) is 0 Å². The molecule has 1 N–H and O–H groups in total. The number of esters is 1. The third-order valence-corrected chi connectivity index (χ3v) is 1.85. The van der Waals surface area contributed by atoms with Crippen LogP contribution in [0.15, 0.2) is 0 Å². The van der Waals surface area contributed by atoms with Gasteiger partial charge in [-0.05, 0) is 27.8 Å². The van der Waals surface area contributed by atoms with Gasteiger partial charge in [-0.25, -0.2) is 0 Å². The Kier molecular flexibility index (Phi) is 8.15. The Bertz CT molecular complexity index is 196. The normalized spacial score (nSPS) is 13.2. The van der Waals surface area contributed by atoms with Crippen LogP contribution in [0.4, 0.5) is 0 Å². The van der Waals surface area contributed by atoms with E-state index in [1.54, 1.807) is 18.9 Å². The summed E-state index contributed by atoms with van der Waals surface area (Å²) in [6.45, 7) is 6.84. The minimum Gasteiger partial charge on any atom is -0.465 e. The number of nitrogens with zero attached hydrogens (tertiary/aromatic N) is 1. The topological polar surface area (TPSA) is 59.0 Å². The molecule has 0 aliphatic carbocycles. The zero-order valence-corrected chi connectivity index (χ0v) is 10.6. The molecule has 0 saturated heterocycles. The summed E-state index contributed by atoms with van der Waals surface area (Å²) in [4.78, 5) is 12.8. The molecule has 96 valence electrons. The number of ether oxygens (including phenoxy) is 2. The monoisotopic (exact) mass is 233 g/mol. The second-order valence-electron chi connectivity index (χ2n) is 4.04. The maximum Gasteiger partial charge on any atom is 0.320 e. The van der Waals surface area contributed by atoms with Crippen LogP contribution in [0.2, 0.25) is 0 Å². The van der Waals surface area contributed by atoms with Crippen molar-refractivity contribution >= 4 is 5.97 Å². The number of aliphatic hydroxyl groups excluding tert-OH is 1. The fourth-order valence-corrected chi connectivity index (χ4v) is 1.21. The summed E-state index contributed by atoms with van der Waals surface area (Å²) in [7, 11) is 1.76. The summed E-state index contributed by atoms with van der Waals surface area (Å²) in [5, 5.41) is 9.59. The molecule has 0 spiro atoms. The lowest BCUT2D eigenvalue weighted by molar-refractivity contribution is -0.144. The maximum absolute atomic E-state index is 11.1. The van der Waals surface area contributed by atoms with E-state index < -0.39 is 6.10 Å². The zero-order valence-electron chi connectivity index (χ0n) is 10.6. The smallest absolute Gasteiger partial charge is 0.320 e. The number of rotatable bonds is 8. The first-order valence-corrected chi connectivity index (χ1v) is 5.59. The van der Waals surface area contributed by atoms with Gasteiger partial charge in [0.25, 0.3) is 0 Å². The lowest BCUT2D eigenvalue weighted by atomic mass is 10.3. The second kappa shape index (κ2) is 8.50. The van der Waals surface area contributed by atoms with Crippen LogP contribution in [0.3, 0.4) is 0 Å². The van der Waals surface area contributed by atoms with E-state index >= 15 is 0 Å². The van der Waals surface area contributed by atoms with Crippen molar-refractivity contribution in [2.75, 3.05) is 33.4 Å². The molecule has 16 heavy (non-hydrogen) atoms. The zero-order chi connectivity index (χ0) is 12.6. The highest BCUT2D eigenvalue weighted by Gasteiger charge is 2.12. The Morgan fingerprint density at radius 1 is 1.44 bits per heavy atom. The quantitative estimate of drug-likeness (QED) is 0.610. The van der Waals surface area contributed by atoms with E-state index in [0.717, 1.165) is 0 Å². The van der Waals surface area contributed by atoms with Crippen LogP contribution < -0.4 is 0 Å². The summed E-state index contributed by atoms with van der Waals surface area (Å²) in [6.07, 6.45) is -0.480. The Morgan fingerprint density at radius 3 is 2.56 bits per heavy atom. The van der Waals surface area contributed by atoms with Crippen molar-refractivity contribution in [3.8, 4) is 0 Å². The molecule has 0 heterocycles. The first-order valence-electron chi connectivity index (χ1n) is 5.59. The maximum atomic E-state index is 11.1. The van der Waals surface area contributed by atoms with E-state index in [0.29, 0.717) is 13.2 Å². The van der Waals surface area contributed by atoms with Crippen LogP contribution in [0.25, 0.3) is 0 Å². The summed E-state index contributed by atoms with van der Waals surface area (Å²) in [5.41, 5.74) is 0. The predicted octanol–water partition coefficient (Wildman–Crippen LogP) is 0.267. The van der Waals surface area contributed by atoms with Crippen LogP contribution >= 0.6 is 0 Å². The fraction of sp³-hybridized carbons (Fsp3) is 0.909. The van der Waals surface area contributed by atoms with Crippen LogP contribution in [0.1, 0.15) is 20.8 Å². The number of hydrogen-bond acceptors (Lipinski definition) is 5. The average Bonchev–Trinajstić information content (AvgIpc) is 2.14. The summed E-state index contributed by atoms with van der Waals surface area (Å²) in [6, 6.07) is 0. The number of hydrogen-bond donors (Lipinski definition) is 1. The van der Waals surface area contributed by atoms with Crippen molar-refractivity contribution in [3.05, 3.63) is 0 Å². The van der Waals surface area contributed by atoms with Gasteiger partial charge >= 0.3 is 5.97 Å². The molecule has 5 nitrogen and oxygen atoms in total. The van der Waals surface area contributed by atoms with Gasteiger partial charge in [-0.1, -0.05) is 0 Å². The Morgan fingerprint density at radius 2 is 2.06 bits per heavy atom. The Balaban J connectivity index is 3.68. The van der Waals surface area contributed by atoms with Gasteiger partial charge in [0, 0.05) is 6.54 Å². The van der Waals surface area contributed by atoms with Gasteiger partial charge in [0.1, 0.15) is 0 Å². The second-order valence-corrected chi connectivity index (χ2v) is 4.04. The van der Waals surface area contributed by atoms with Gasteiger partial charge in [0.15, 0.2) is 0 Å². The van der Waals surface area contributed by atoms with Gasteiger partial charge in [-0.3, -0.25) is 9.69 Å². The molecule has 0 radical (unpaired) electrons. The minimum absolute atomic E-state index is 0.102. The van der Waals surface area contributed by atoms with Crippen LogP contribution in [0.5, 0.6) is 0 Å². The number of aliphatic hydroxyl groups is 1. The van der Waals surface area contributed by atoms with Crippen molar-refractivity contribution in [1.82, 2.24) is 4.90 Å². The summed E-state index contributed by atoms with van der Waals surface area (Å²) < 4.78 is 10.1. The van der Waals surface area contributed by atoms with Gasteiger partial charge in [0.05, 0.1) is 32.0 Å². The van der Waals surface area contributed by atoms with E-state index in [1.807, 2.05) is 13.8 Å². The molecular formula is C11H23NO4. The molecule has 0 aliphatic rings. The van der Waals surface area contributed by atoms with Crippen molar-refractivity contribution in [2.24, 2.45) is 0 Å².